The van der Waals surface area contributed by atoms with E-state index < -0.39 is 12.0 Å². The minimum atomic E-state index is -1.04. The molecule has 0 radical (unpaired) electrons. The lowest BCUT2D eigenvalue weighted by Gasteiger charge is -2.04. The van der Waals surface area contributed by atoms with E-state index in [1.165, 1.54) is 0 Å². The zero-order valence-electron chi connectivity index (χ0n) is 17.2. The van der Waals surface area contributed by atoms with Crippen LogP contribution in [-0.4, -0.2) is 37.1 Å². The van der Waals surface area contributed by atoms with Gasteiger partial charge in [-0.15, -0.1) is 0 Å². The first-order chi connectivity index (χ1) is 15.5. The van der Waals surface area contributed by atoms with Gasteiger partial charge in [-0.05, 0) is 71.8 Å². The van der Waals surface area contributed by atoms with Crippen molar-refractivity contribution in [3.63, 3.8) is 0 Å². The van der Waals surface area contributed by atoms with Gasteiger partial charge in [0.05, 0.1) is 22.8 Å². The van der Waals surface area contributed by atoms with Crippen LogP contribution >= 0.6 is 0 Å². The second-order valence-corrected chi connectivity index (χ2v) is 7.78. The second kappa shape index (κ2) is 7.79. The smallest absolute Gasteiger partial charge is 0.320 e. The number of nitrogens with zero attached hydrogens (tertiary/aromatic N) is 2. The predicted molar refractivity (Wildman–Crippen MR) is 128 cm³/mol. The third-order valence-electron chi connectivity index (χ3n) is 5.39. The van der Waals surface area contributed by atoms with Crippen molar-refractivity contribution in [1.29, 1.82) is 0 Å². The molecule has 0 unspecified atom stereocenters. The summed E-state index contributed by atoms with van der Waals surface area (Å²) < 4.78 is 0. The molecule has 5 heterocycles. The normalized spacial score (nSPS) is 13.3. The molecule has 0 amide bonds. The van der Waals surface area contributed by atoms with Crippen LogP contribution in [0.4, 0.5) is 0 Å². The Kier molecular flexibility index (Phi) is 4.80. The van der Waals surface area contributed by atoms with Gasteiger partial charge in [0.2, 0.25) is 0 Å². The number of carbonyl (C=O) groups is 1. The summed E-state index contributed by atoms with van der Waals surface area (Å²) in [5.41, 5.74) is 14.2. The first kappa shape index (κ1) is 19.7. The number of rotatable bonds is 4. The van der Waals surface area contributed by atoms with Crippen molar-refractivity contribution in [1.82, 2.24) is 19.9 Å². The molecule has 0 saturated heterocycles. The van der Waals surface area contributed by atoms with Crippen molar-refractivity contribution in [2.45, 2.75) is 12.5 Å². The molecule has 3 aromatic heterocycles. The number of aromatic amines is 2. The summed E-state index contributed by atoms with van der Waals surface area (Å²) in [7, 11) is 0. The van der Waals surface area contributed by atoms with Gasteiger partial charge in [-0.1, -0.05) is 12.7 Å². The van der Waals surface area contributed by atoms with Crippen molar-refractivity contribution >= 4 is 58.4 Å². The summed E-state index contributed by atoms with van der Waals surface area (Å²) in [6.45, 7) is 3.92. The maximum absolute atomic E-state index is 11.3. The average molecular weight is 423 g/mol. The summed E-state index contributed by atoms with van der Waals surface area (Å²) in [6.07, 6.45) is 9.76. The first-order valence-corrected chi connectivity index (χ1v) is 10.2. The molecular weight excluding hydrogens is 402 g/mol. The van der Waals surface area contributed by atoms with Crippen LogP contribution in [-0.2, 0) is 11.2 Å². The number of carboxylic acids is 1. The molecule has 32 heavy (non-hydrogen) atoms. The third kappa shape index (κ3) is 3.89. The molecule has 5 N–H and O–H groups in total. The number of carboxylic acid groups (broad SMARTS) is 1. The highest BCUT2D eigenvalue weighted by Crippen LogP contribution is 2.22. The molecule has 0 aromatic carbocycles. The van der Waals surface area contributed by atoms with E-state index in [1.807, 2.05) is 60.7 Å². The van der Waals surface area contributed by atoms with Crippen molar-refractivity contribution in [3.8, 4) is 0 Å². The van der Waals surface area contributed by atoms with Crippen molar-refractivity contribution in [3.05, 3.63) is 76.9 Å². The van der Waals surface area contributed by atoms with E-state index in [1.54, 1.807) is 6.08 Å². The van der Waals surface area contributed by atoms with Crippen molar-refractivity contribution < 1.29 is 9.90 Å². The third-order valence-corrected chi connectivity index (χ3v) is 5.39. The Bertz CT molecular complexity index is 1470. The maximum atomic E-state index is 11.3. The van der Waals surface area contributed by atoms with Crippen LogP contribution in [0, 0.1) is 0 Å². The summed E-state index contributed by atoms with van der Waals surface area (Å²) in [5, 5.41) is 9.29. The number of hydrogen-bond acceptors (Lipinski definition) is 4. The standard InChI is InChI=1S/C25H21N5O2/c1-2-14-7-20-11-18-5-3-16(27-18)10-17-4-6-19(28-17)12-21-8-15(9-22(26)25(31)32)24(30-21)13-23(14)29-20/h2-8,10-13,22,29-30H,1,9,26H2,(H,31,32)/t22-/m0/s1. The molecule has 2 aliphatic heterocycles. The zero-order valence-corrected chi connectivity index (χ0v) is 17.2. The van der Waals surface area contributed by atoms with E-state index in [9.17, 15) is 9.90 Å². The lowest BCUT2D eigenvalue weighted by Crippen LogP contribution is -2.32. The predicted octanol–water partition coefficient (Wildman–Crippen LogP) is 4.25. The fraction of sp³-hybridized carbons (Fsp3) is 0.0800. The molecule has 0 fully saturated rings. The van der Waals surface area contributed by atoms with Crippen LogP contribution in [0.5, 0.6) is 0 Å². The van der Waals surface area contributed by atoms with E-state index in [4.69, 9.17) is 5.73 Å². The Hall–Kier alpha value is -4.23. The molecule has 7 heteroatoms. The van der Waals surface area contributed by atoms with Gasteiger partial charge in [-0.3, -0.25) is 4.79 Å². The van der Waals surface area contributed by atoms with Gasteiger partial charge in [0.15, 0.2) is 0 Å². The van der Waals surface area contributed by atoms with Crippen molar-refractivity contribution in [2.75, 3.05) is 0 Å². The molecule has 3 aromatic rings. The average Bonchev–Trinajstić information content (AvgIpc) is 3.52. The van der Waals surface area contributed by atoms with E-state index >= 15 is 0 Å². The quantitative estimate of drug-likeness (QED) is 0.344. The largest absolute Gasteiger partial charge is 0.480 e. The lowest BCUT2D eigenvalue weighted by molar-refractivity contribution is -0.138. The van der Waals surface area contributed by atoms with E-state index in [2.05, 4.69) is 26.5 Å². The Balaban J connectivity index is 1.82. The highest BCUT2D eigenvalue weighted by molar-refractivity contribution is 5.82. The number of fused-ring (bicyclic) bond motifs is 8. The molecule has 0 spiro atoms. The molecule has 8 bridgehead atoms. The van der Waals surface area contributed by atoms with E-state index in [0.717, 1.165) is 56.0 Å². The summed E-state index contributed by atoms with van der Waals surface area (Å²) in [6, 6.07) is 10.7. The lowest BCUT2D eigenvalue weighted by atomic mass is 10.1. The fourth-order valence-electron chi connectivity index (χ4n) is 3.84. The number of nitrogens with one attached hydrogen (secondary N) is 2. The SMILES string of the molecule is C=Cc1cc2cc3nc(cc4nc(cc5cc(C[C@H](N)C(=O)O)c(cc1[nH]2)[nH]5)C=C4)C=C3. The van der Waals surface area contributed by atoms with Crippen LogP contribution in [0.25, 0.3) is 52.4 Å². The first-order valence-electron chi connectivity index (χ1n) is 10.2. The molecule has 158 valence electrons. The molecule has 0 aliphatic carbocycles. The highest BCUT2D eigenvalue weighted by atomic mass is 16.4. The Morgan fingerprint density at radius 3 is 2.06 bits per heavy atom. The summed E-state index contributed by atoms with van der Waals surface area (Å²) in [4.78, 5) is 27.4. The number of aromatic nitrogens is 4. The van der Waals surface area contributed by atoms with Gasteiger partial charge in [0.25, 0.3) is 0 Å². The summed E-state index contributed by atoms with van der Waals surface area (Å²) in [5.74, 6) is -1.04. The van der Waals surface area contributed by atoms with Crippen LogP contribution in [0.3, 0.4) is 0 Å². The monoisotopic (exact) mass is 423 g/mol. The Morgan fingerprint density at radius 2 is 1.47 bits per heavy atom. The van der Waals surface area contributed by atoms with Gasteiger partial charge in [-0.25, -0.2) is 9.97 Å². The van der Waals surface area contributed by atoms with E-state index in [0.29, 0.717) is 0 Å². The van der Waals surface area contributed by atoms with Gasteiger partial charge in [0.1, 0.15) is 6.04 Å². The molecule has 2 aliphatic rings. The maximum Gasteiger partial charge on any atom is 0.320 e. The fourth-order valence-corrected chi connectivity index (χ4v) is 3.84. The molecular formula is C25H21N5O2. The number of hydrogen-bond donors (Lipinski definition) is 4. The molecule has 7 nitrogen and oxygen atoms in total. The van der Waals surface area contributed by atoms with Crippen LogP contribution in [0.1, 0.15) is 33.9 Å². The van der Waals surface area contributed by atoms with Gasteiger partial charge in [0, 0.05) is 28.5 Å². The van der Waals surface area contributed by atoms with Crippen LogP contribution < -0.4 is 5.73 Å². The van der Waals surface area contributed by atoms with Crippen LogP contribution in [0.15, 0.2) is 43.0 Å². The Labute approximate surface area is 183 Å². The minimum Gasteiger partial charge on any atom is -0.480 e. The van der Waals surface area contributed by atoms with Gasteiger partial charge < -0.3 is 20.8 Å². The molecule has 0 saturated carbocycles. The topological polar surface area (TPSA) is 121 Å². The van der Waals surface area contributed by atoms with E-state index in [-0.39, 0.29) is 6.42 Å². The summed E-state index contributed by atoms with van der Waals surface area (Å²) >= 11 is 0. The Morgan fingerprint density at radius 1 is 0.906 bits per heavy atom. The van der Waals surface area contributed by atoms with Gasteiger partial charge in [-0.2, -0.15) is 0 Å². The minimum absolute atomic E-state index is 0.196. The second-order valence-electron chi connectivity index (χ2n) is 7.78. The van der Waals surface area contributed by atoms with Gasteiger partial charge >= 0.3 is 5.97 Å². The number of H-pyrrole nitrogens is 2. The molecule has 5 rings (SSSR count). The highest BCUT2D eigenvalue weighted by Gasteiger charge is 2.14. The number of nitrogens with two attached hydrogens (primary N) is 1. The zero-order chi connectivity index (χ0) is 22.2. The van der Waals surface area contributed by atoms with Crippen molar-refractivity contribution in [2.24, 2.45) is 5.73 Å². The number of aliphatic carboxylic acids is 1. The van der Waals surface area contributed by atoms with Crippen LogP contribution in [0.2, 0.25) is 0 Å². The molecule has 1 atom stereocenters.